The van der Waals surface area contributed by atoms with Gasteiger partial charge in [-0.3, -0.25) is 0 Å². The molecule has 7 aromatic carbocycles. The van der Waals surface area contributed by atoms with Crippen LogP contribution in [0.3, 0.4) is 0 Å². The number of benzene rings is 7. The molecule has 0 amide bonds. The SMILES string of the molecule is CC1(C)CCC(C)(C)c2c1ccc1c3cc4c5cc6ccccc6cc5n(-c5ccccc5-c5ccccc5)c4cc3n(-c3ccccc3)c21. The summed E-state index contributed by atoms with van der Waals surface area (Å²) in [4.78, 5) is 0. The quantitative estimate of drug-likeness (QED) is 0.181. The van der Waals surface area contributed by atoms with Crippen LogP contribution in [0.1, 0.15) is 51.7 Å². The minimum absolute atomic E-state index is 0.0557. The van der Waals surface area contributed by atoms with Crippen molar-refractivity contribution in [1.29, 1.82) is 0 Å². The Morgan fingerprint density at radius 2 is 1.04 bits per heavy atom. The molecule has 0 bridgehead atoms. The number of aromatic nitrogens is 2. The second-order valence-electron chi connectivity index (χ2n) is 15.6. The summed E-state index contributed by atoms with van der Waals surface area (Å²) in [5.74, 6) is 0. The van der Waals surface area contributed by atoms with Gasteiger partial charge in [0.25, 0.3) is 0 Å². The Kier molecular flexibility index (Phi) is 6.13. The van der Waals surface area contributed by atoms with Gasteiger partial charge in [-0.15, -0.1) is 0 Å². The average Bonchev–Trinajstić information content (AvgIpc) is 3.63. The zero-order valence-electron chi connectivity index (χ0n) is 29.2. The summed E-state index contributed by atoms with van der Waals surface area (Å²) < 4.78 is 5.10. The summed E-state index contributed by atoms with van der Waals surface area (Å²) in [7, 11) is 0. The number of rotatable bonds is 3. The molecular formula is C48H40N2. The molecule has 9 aromatic rings. The molecule has 1 aliphatic carbocycles. The Bertz CT molecular complexity index is 2790. The normalized spacial score (nSPS) is 15.4. The summed E-state index contributed by atoms with van der Waals surface area (Å²) in [5, 5.41) is 7.72. The van der Waals surface area contributed by atoms with Crippen molar-refractivity contribution in [2.24, 2.45) is 0 Å². The van der Waals surface area contributed by atoms with E-state index in [1.165, 1.54) is 101 Å². The molecule has 0 aliphatic heterocycles. The fourth-order valence-corrected chi connectivity index (χ4v) is 9.07. The zero-order valence-corrected chi connectivity index (χ0v) is 29.2. The highest BCUT2D eigenvalue weighted by Crippen LogP contribution is 2.51. The maximum Gasteiger partial charge on any atom is 0.0581 e. The molecule has 1 aliphatic rings. The van der Waals surface area contributed by atoms with Crippen LogP contribution in [0, 0.1) is 0 Å². The van der Waals surface area contributed by atoms with Gasteiger partial charge in [0.15, 0.2) is 0 Å². The Balaban J connectivity index is 1.42. The third-order valence-corrected chi connectivity index (χ3v) is 11.7. The van der Waals surface area contributed by atoms with Crippen LogP contribution in [0.5, 0.6) is 0 Å². The van der Waals surface area contributed by atoms with E-state index < -0.39 is 0 Å². The minimum atomic E-state index is 0.0557. The first kappa shape index (κ1) is 29.3. The number of fused-ring (bicyclic) bond motifs is 9. The molecule has 2 aromatic heterocycles. The van der Waals surface area contributed by atoms with E-state index in [-0.39, 0.29) is 10.8 Å². The maximum atomic E-state index is 2.58. The van der Waals surface area contributed by atoms with E-state index in [2.05, 4.69) is 182 Å². The van der Waals surface area contributed by atoms with Crippen LogP contribution in [0.2, 0.25) is 0 Å². The molecule has 242 valence electrons. The van der Waals surface area contributed by atoms with Gasteiger partial charge in [-0.1, -0.05) is 131 Å². The zero-order chi connectivity index (χ0) is 33.8. The van der Waals surface area contributed by atoms with Gasteiger partial charge in [0, 0.05) is 32.8 Å². The number of hydrogen-bond acceptors (Lipinski definition) is 0. The minimum Gasteiger partial charge on any atom is -0.309 e. The predicted octanol–water partition coefficient (Wildman–Crippen LogP) is 13.0. The monoisotopic (exact) mass is 644 g/mol. The van der Waals surface area contributed by atoms with Gasteiger partial charge in [0.05, 0.1) is 27.8 Å². The second-order valence-corrected chi connectivity index (χ2v) is 15.6. The highest BCUT2D eigenvalue weighted by Gasteiger charge is 2.39. The third kappa shape index (κ3) is 4.15. The van der Waals surface area contributed by atoms with Crippen molar-refractivity contribution in [2.45, 2.75) is 51.4 Å². The van der Waals surface area contributed by atoms with Gasteiger partial charge in [-0.05, 0) is 93.6 Å². The first-order chi connectivity index (χ1) is 24.3. The van der Waals surface area contributed by atoms with Gasteiger partial charge in [0.2, 0.25) is 0 Å². The fourth-order valence-electron chi connectivity index (χ4n) is 9.07. The molecule has 0 saturated heterocycles. The largest absolute Gasteiger partial charge is 0.309 e. The number of nitrogens with zero attached hydrogens (tertiary/aromatic N) is 2. The molecule has 2 heteroatoms. The van der Waals surface area contributed by atoms with E-state index in [1.54, 1.807) is 0 Å². The molecule has 2 heterocycles. The van der Waals surface area contributed by atoms with E-state index in [0.717, 1.165) is 0 Å². The molecule has 0 saturated carbocycles. The van der Waals surface area contributed by atoms with Crippen molar-refractivity contribution in [3.8, 4) is 22.5 Å². The van der Waals surface area contributed by atoms with Gasteiger partial charge in [0.1, 0.15) is 0 Å². The van der Waals surface area contributed by atoms with Crippen molar-refractivity contribution in [1.82, 2.24) is 9.13 Å². The second kappa shape index (κ2) is 10.5. The van der Waals surface area contributed by atoms with E-state index in [4.69, 9.17) is 0 Å². The molecule has 0 atom stereocenters. The predicted molar refractivity (Wildman–Crippen MR) is 213 cm³/mol. The van der Waals surface area contributed by atoms with Gasteiger partial charge >= 0.3 is 0 Å². The Morgan fingerprint density at radius 3 is 1.82 bits per heavy atom. The Hall–Kier alpha value is -5.60. The molecule has 0 unspecified atom stereocenters. The van der Waals surface area contributed by atoms with Crippen LogP contribution in [-0.2, 0) is 10.8 Å². The summed E-state index contributed by atoms with van der Waals surface area (Å²) in [6, 6.07) is 54.1. The highest BCUT2D eigenvalue weighted by atomic mass is 15.0. The molecule has 0 radical (unpaired) electrons. The average molecular weight is 645 g/mol. The lowest BCUT2D eigenvalue weighted by Gasteiger charge is -2.42. The van der Waals surface area contributed by atoms with E-state index in [9.17, 15) is 0 Å². The standard InChI is InChI=1S/C48H40N2/c1-47(2)25-26-48(3,4)45-40(47)24-23-36-38-29-39-37-27-32-17-11-12-18-33(32)28-42(37)50(41-22-14-13-21-35(41)31-15-7-5-8-16-31)44(39)30-43(38)49(46(36)45)34-19-9-6-10-20-34/h5-24,27-30H,25-26H2,1-4H3. The van der Waals surface area contributed by atoms with Crippen molar-refractivity contribution in [2.75, 3.05) is 0 Å². The number of hydrogen-bond donors (Lipinski definition) is 0. The van der Waals surface area contributed by atoms with Crippen molar-refractivity contribution in [3.05, 3.63) is 157 Å². The molecular weight excluding hydrogens is 605 g/mol. The molecule has 0 N–H and O–H groups in total. The van der Waals surface area contributed by atoms with Crippen LogP contribution in [-0.4, -0.2) is 9.13 Å². The van der Waals surface area contributed by atoms with Crippen LogP contribution in [0.4, 0.5) is 0 Å². The van der Waals surface area contributed by atoms with Gasteiger partial charge < -0.3 is 9.13 Å². The van der Waals surface area contributed by atoms with Crippen LogP contribution in [0.15, 0.2) is 146 Å². The first-order valence-corrected chi connectivity index (χ1v) is 18.0. The van der Waals surface area contributed by atoms with Crippen LogP contribution < -0.4 is 0 Å². The summed E-state index contributed by atoms with van der Waals surface area (Å²) in [6.45, 7) is 9.77. The highest BCUT2D eigenvalue weighted by molar-refractivity contribution is 6.21. The van der Waals surface area contributed by atoms with Crippen LogP contribution in [0.25, 0.3) is 76.9 Å². The lowest BCUT2D eigenvalue weighted by Crippen LogP contribution is -2.34. The number of para-hydroxylation sites is 2. The Labute approximate surface area is 293 Å². The summed E-state index contributed by atoms with van der Waals surface area (Å²) in [5.41, 5.74) is 13.1. The van der Waals surface area contributed by atoms with Gasteiger partial charge in [-0.25, -0.2) is 0 Å². The van der Waals surface area contributed by atoms with Crippen molar-refractivity contribution in [3.63, 3.8) is 0 Å². The molecule has 10 rings (SSSR count). The van der Waals surface area contributed by atoms with Crippen molar-refractivity contribution >= 4 is 54.4 Å². The Morgan fingerprint density at radius 1 is 0.460 bits per heavy atom. The molecule has 0 fully saturated rings. The smallest absolute Gasteiger partial charge is 0.0581 e. The van der Waals surface area contributed by atoms with Gasteiger partial charge in [-0.2, -0.15) is 0 Å². The van der Waals surface area contributed by atoms with E-state index >= 15 is 0 Å². The first-order valence-electron chi connectivity index (χ1n) is 18.0. The molecule has 2 nitrogen and oxygen atoms in total. The summed E-state index contributed by atoms with van der Waals surface area (Å²) in [6.07, 6.45) is 2.36. The van der Waals surface area contributed by atoms with E-state index in [0.29, 0.717) is 0 Å². The third-order valence-electron chi connectivity index (χ3n) is 11.7. The maximum absolute atomic E-state index is 2.58. The molecule has 50 heavy (non-hydrogen) atoms. The van der Waals surface area contributed by atoms with E-state index in [1.807, 2.05) is 0 Å². The lowest BCUT2D eigenvalue weighted by molar-refractivity contribution is 0.334. The lowest BCUT2D eigenvalue weighted by atomic mass is 9.62. The topological polar surface area (TPSA) is 9.86 Å². The summed E-state index contributed by atoms with van der Waals surface area (Å²) >= 11 is 0. The fraction of sp³-hybridized carbons (Fsp3) is 0.167. The molecule has 0 spiro atoms. The van der Waals surface area contributed by atoms with Crippen LogP contribution >= 0.6 is 0 Å². The van der Waals surface area contributed by atoms with Crippen molar-refractivity contribution < 1.29 is 0 Å².